The molecule has 2 rings (SSSR count). The number of carbonyl (C=O) groups is 1. The van der Waals surface area contributed by atoms with Gasteiger partial charge in [-0.15, -0.1) is 11.3 Å². The van der Waals surface area contributed by atoms with Gasteiger partial charge in [0.15, 0.2) is 0 Å². The molecule has 0 fully saturated rings. The van der Waals surface area contributed by atoms with Crippen LogP contribution >= 0.6 is 11.3 Å². The maximum Gasteiger partial charge on any atom is 0.292 e. The second kappa shape index (κ2) is 6.45. The van der Waals surface area contributed by atoms with E-state index in [9.17, 15) is 14.9 Å². The van der Waals surface area contributed by atoms with E-state index >= 15 is 0 Å². The molecule has 7 heteroatoms. The number of anilines is 1. The average Bonchev–Trinajstić information content (AvgIpc) is 2.98. The summed E-state index contributed by atoms with van der Waals surface area (Å²) in [6, 6.07) is 11.1. The van der Waals surface area contributed by atoms with Crippen molar-refractivity contribution >= 4 is 34.7 Å². The Morgan fingerprint density at radius 1 is 1.33 bits per heavy atom. The van der Waals surface area contributed by atoms with Crippen molar-refractivity contribution in [2.75, 3.05) is 5.32 Å². The molecule has 1 aromatic carbocycles. The van der Waals surface area contributed by atoms with Crippen LogP contribution < -0.4 is 5.32 Å². The van der Waals surface area contributed by atoms with Crippen LogP contribution in [0.25, 0.3) is 6.08 Å². The van der Waals surface area contributed by atoms with Crippen LogP contribution in [0.4, 0.5) is 11.4 Å². The molecule has 0 aliphatic rings. The predicted octanol–water partition coefficient (Wildman–Crippen LogP) is 3.20. The molecule has 104 valence electrons. The lowest BCUT2D eigenvalue weighted by atomic mass is 10.2. The minimum atomic E-state index is -0.680. The van der Waals surface area contributed by atoms with Crippen molar-refractivity contribution in [1.82, 2.24) is 0 Å². The lowest BCUT2D eigenvalue weighted by Crippen LogP contribution is -2.14. The highest BCUT2D eigenvalue weighted by Gasteiger charge is 2.17. The fourth-order valence-corrected chi connectivity index (χ4v) is 2.25. The lowest BCUT2D eigenvalue weighted by Gasteiger charge is -2.04. The molecule has 0 saturated carbocycles. The number of carbonyl (C=O) groups excluding carboxylic acids is 1. The van der Waals surface area contributed by atoms with Crippen LogP contribution in [0.3, 0.4) is 0 Å². The van der Waals surface area contributed by atoms with Gasteiger partial charge in [0.25, 0.3) is 11.6 Å². The summed E-state index contributed by atoms with van der Waals surface area (Å²) in [5, 5.41) is 24.1. The number of hydrogen-bond acceptors (Lipinski definition) is 5. The van der Waals surface area contributed by atoms with Gasteiger partial charge in [-0.2, -0.15) is 5.26 Å². The van der Waals surface area contributed by atoms with Gasteiger partial charge in [0.2, 0.25) is 0 Å². The maximum atomic E-state index is 12.0. The number of hydrogen-bond donors (Lipinski definition) is 1. The molecular formula is C14H9N3O3S. The second-order valence-electron chi connectivity index (χ2n) is 3.91. The van der Waals surface area contributed by atoms with Gasteiger partial charge in [-0.25, -0.2) is 0 Å². The fourth-order valence-electron chi connectivity index (χ4n) is 1.59. The van der Waals surface area contributed by atoms with E-state index in [1.807, 2.05) is 5.38 Å². The number of benzene rings is 1. The minimum absolute atomic E-state index is 0.0554. The maximum absolute atomic E-state index is 12.0. The zero-order valence-corrected chi connectivity index (χ0v) is 11.5. The zero-order chi connectivity index (χ0) is 15.2. The Labute approximate surface area is 124 Å². The molecular weight excluding hydrogens is 290 g/mol. The molecule has 0 bridgehead atoms. The summed E-state index contributed by atoms with van der Waals surface area (Å²) in [6.07, 6.45) is 1.44. The molecule has 1 heterocycles. The summed E-state index contributed by atoms with van der Waals surface area (Å²) in [5.74, 6) is -0.680. The summed E-state index contributed by atoms with van der Waals surface area (Å²) >= 11 is 1.38. The SMILES string of the molecule is N#C/C(=C/c1cccs1)C(=O)Nc1ccccc1[N+](=O)[O-]. The van der Waals surface area contributed by atoms with Crippen LogP contribution in [0.15, 0.2) is 47.4 Å². The van der Waals surface area contributed by atoms with Crippen LogP contribution in [-0.4, -0.2) is 10.8 Å². The van der Waals surface area contributed by atoms with Gasteiger partial charge in [0.1, 0.15) is 17.3 Å². The van der Waals surface area contributed by atoms with Crippen molar-refractivity contribution in [3.05, 3.63) is 62.3 Å². The fraction of sp³-hybridized carbons (Fsp3) is 0. The highest BCUT2D eigenvalue weighted by molar-refractivity contribution is 7.10. The first-order valence-corrected chi connectivity index (χ1v) is 6.70. The van der Waals surface area contributed by atoms with Crippen molar-refractivity contribution in [2.45, 2.75) is 0 Å². The van der Waals surface area contributed by atoms with Crippen molar-refractivity contribution in [3.63, 3.8) is 0 Å². The number of nitro benzene ring substituents is 1. The number of para-hydroxylation sites is 2. The van der Waals surface area contributed by atoms with Crippen molar-refractivity contribution < 1.29 is 9.72 Å². The largest absolute Gasteiger partial charge is 0.316 e. The molecule has 1 amide bonds. The zero-order valence-electron chi connectivity index (χ0n) is 10.6. The molecule has 21 heavy (non-hydrogen) atoms. The van der Waals surface area contributed by atoms with Crippen molar-refractivity contribution in [3.8, 4) is 6.07 Å². The quantitative estimate of drug-likeness (QED) is 0.406. The van der Waals surface area contributed by atoms with Crippen LogP contribution in [0.1, 0.15) is 4.88 Å². The van der Waals surface area contributed by atoms with E-state index in [1.54, 1.807) is 24.3 Å². The number of nitrogens with one attached hydrogen (secondary N) is 1. The van der Waals surface area contributed by atoms with Gasteiger partial charge in [0.05, 0.1) is 4.92 Å². The average molecular weight is 299 g/mol. The molecule has 0 radical (unpaired) electrons. The van der Waals surface area contributed by atoms with Crippen LogP contribution in [0.2, 0.25) is 0 Å². The third-order valence-corrected chi connectivity index (χ3v) is 3.36. The summed E-state index contributed by atoms with van der Waals surface area (Å²) in [5.41, 5.74) is -0.283. The normalized spacial score (nSPS) is 10.7. The molecule has 0 aliphatic heterocycles. The van der Waals surface area contributed by atoms with E-state index in [4.69, 9.17) is 5.26 Å². The second-order valence-corrected chi connectivity index (χ2v) is 4.89. The topological polar surface area (TPSA) is 96.0 Å². The molecule has 6 nitrogen and oxygen atoms in total. The summed E-state index contributed by atoms with van der Waals surface area (Å²) in [7, 11) is 0. The summed E-state index contributed by atoms with van der Waals surface area (Å²) in [6.45, 7) is 0. The van der Waals surface area contributed by atoms with E-state index in [1.165, 1.54) is 35.6 Å². The van der Waals surface area contributed by atoms with Gasteiger partial charge in [-0.3, -0.25) is 14.9 Å². The first-order chi connectivity index (χ1) is 10.1. The molecule has 0 aliphatic carbocycles. The molecule has 0 spiro atoms. The molecule has 0 saturated heterocycles. The molecule has 0 unspecified atom stereocenters. The van der Waals surface area contributed by atoms with E-state index in [-0.39, 0.29) is 16.9 Å². The first kappa shape index (κ1) is 14.4. The predicted molar refractivity (Wildman–Crippen MR) is 79.6 cm³/mol. The molecule has 2 aromatic rings. The summed E-state index contributed by atoms with van der Waals surface area (Å²) < 4.78 is 0. The minimum Gasteiger partial charge on any atom is -0.316 e. The van der Waals surface area contributed by atoms with Crippen LogP contribution in [0.5, 0.6) is 0 Å². The molecule has 1 N–H and O–H groups in total. The number of rotatable bonds is 4. The van der Waals surface area contributed by atoms with E-state index in [0.29, 0.717) is 0 Å². The number of amides is 1. The lowest BCUT2D eigenvalue weighted by molar-refractivity contribution is -0.383. The Kier molecular flexibility index (Phi) is 4.43. The van der Waals surface area contributed by atoms with Crippen LogP contribution in [-0.2, 0) is 4.79 Å². The standard InChI is InChI=1S/C14H9N3O3S/c15-9-10(8-11-4-3-7-21-11)14(18)16-12-5-1-2-6-13(12)17(19)20/h1-8H,(H,16,18)/b10-8-. The summed E-state index contributed by atoms with van der Waals surface area (Å²) in [4.78, 5) is 23.1. The smallest absolute Gasteiger partial charge is 0.292 e. The number of nitrogens with zero attached hydrogens (tertiary/aromatic N) is 2. The third-order valence-electron chi connectivity index (χ3n) is 2.54. The third kappa shape index (κ3) is 3.52. The Morgan fingerprint density at radius 3 is 2.71 bits per heavy atom. The number of nitriles is 1. The number of thiophene rings is 1. The van der Waals surface area contributed by atoms with Gasteiger partial charge in [0, 0.05) is 10.9 Å². The Morgan fingerprint density at radius 2 is 2.10 bits per heavy atom. The monoisotopic (exact) mass is 299 g/mol. The van der Waals surface area contributed by atoms with Gasteiger partial charge in [-0.05, 0) is 23.6 Å². The Balaban J connectivity index is 2.25. The van der Waals surface area contributed by atoms with E-state index in [2.05, 4.69) is 5.32 Å². The molecule has 0 atom stereocenters. The van der Waals surface area contributed by atoms with E-state index < -0.39 is 10.8 Å². The number of nitro groups is 1. The first-order valence-electron chi connectivity index (χ1n) is 5.82. The Bertz CT molecular complexity index is 745. The van der Waals surface area contributed by atoms with Gasteiger partial charge >= 0.3 is 0 Å². The highest BCUT2D eigenvalue weighted by Crippen LogP contribution is 2.24. The van der Waals surface area contributed by atoms with Gasteiger partial charge < -0.3 is 5.32 Å². The van der Waals surface area contributed by atoms with E-state index in [0.717, 1.165) is 4.88 Å². The highest BCUT2D eigenvalue weighted by atomic mass is 32.1. The van der Waals surface area contributed by atoms with Crippen LogP contribution in [0, 0.1) is 21.4 Å². The molecule has 1 aromatic heterocycles. The van der Waals surface area contributed by atoms with Gasteiger partial charge in [-0.1, -0.05) is 18.2 Å². The van der Waals surface area contributed by atoms with Crippen molar-refractivity contribution in [1.29, 1.82) is 5.26 Å². The van der Waals surface area contributed by atoms with Crippen molar-refractivity contribution in [2.24, 2.45) is 0 Å². The Hall–Kier alpha value is -2.98.